The van der Waals surface area contributed by atoms with Crippen molar-refractivity contribution in [3.63, 3.8) is 0 Å². The molecule has 1 saturated heterocycles. The van der Waals surface area contributed by atoms with Crippen LogP contribution in [-0.4, -0.2) is 25.5 Å². The van der Waals surface area contributed by atoms with E-state index in [0.29, 0.717) is 28.2 Å². The molecule has 0 spiro atoms. The highest BCUT2D eigenvalue weighted by atomic mass is 35.5. The summed E-state index contributed by atoms with van der Waals surface area (Å²) in [5.41, 5.74) is 0.587. The molecule has 0 aliphatic carbocycles. The molecule has 1 aromatic rings. The van der Waals surface area contributed by atoms with Gasteiger partial charge < -0.3 is 10.2 Å². The molecule has 2 rings (SSSR count). The van der Waals surface area contributed by atoms with Gasteiger partial charge in [0.1, 0.15) is 0 Å². The van der Waals surface area contributed by atoms with E-state index >= 15 is 0 Å². The number of carbonyl (C=O) groups is 1. The number of halogens is 2. The number of anilines is 1. The maximum Gasteiger partial charge on any atom is 0.279 e. The van der Waals surface area contributed by atoms with E-state index in [4.69, 9.17) is 23.2 Å². The summed E-state index contributed by atoms with van der Waals surface area (Å²) in [5, 5.41) is 3.92. The van der Waals surface area contributed by atoms with Crippen molar-refractivity contribution in [2.24, 2.45) is 5.92 Å². The van der Waals surface area contributed by atoms with Crippen LogP contribution < -0.4 is 10.2 Å². The highest BCUT2D eigenvalue weighted by molar-refractivity contribution is 6.35. The minimum Gasteiger partial charge on any atom is -0.327 e. The molecule has 0 bridgehead atoms. The lowest BCUT2D eigenvalue weighted by Gasteiger charge is -2.27. The predicted molar refractivity (Wildman–Crippen MR) is 79.1 cm³/mol. The van der Waals surface area contributed by atoms with E-state index in [9.17, 15) is 4.79 Å². The van der Waals surface area contributed by atoms with Crippen molar-refractivity contribution < 1.29 is 9.69 Å². The highest BCUT2D eigenvalue weighted by Gasteiger charge is 2.22. The lowest BCUT2D eigenvalue weighted by Crippen LogP contribution is -3.14. The first-order chi connectivity index (χ1) is 9.04. The fourth-order valence-electron chi connectivity index (χ4n) is 2.57. The zero-order valence-corrected chi connectivity index (χ0v) is 12.5. The third kappa shape index (κ3) is 4.37. The van der Waals surface area contributed by atoms with Crippen LogP contribution >= 0.6 is 23.2 Å². The van der Waals surface area contributed by atoms with Crippen LogP contribution in [0.4, 0.5) is 5.69 Å². The Balaban J connectivity index is 1.92. The van der Waals surface area contributed by atoms with Crippen molar-refractivity contribution >= 4 is 34.8 Å². The van der Waals surface area contributed by atoms with E-state index in [1.807, 2.05) is 0 Å². The number of quaternary nitrogens is 1. The number of piperidine rings is 1. The number of rotatable bonds is 3. The number of likely N-dealkylation sites (tertiary alicyclic amines) is 1. The Morgan fingerprint density at radius 2 is 2.26 bits per heavy atom. The fraction of sp³-hybridized carbons (Fsp3) is 0.500. The molecule has 0 saturated carbocycles. The van der Waals surface area contributed by atoms with Gasteiger partial charge in [0.05, 0.1) is 23.8 Å². The zero-order chi connectivity index (χ0) is 13.8. The van der Waals surface area contributed by atoms with Gasteiger partial charge in [0.15, 0.2) is 6.54 Å². The van der Waals surface area contributed by atoms with Gasteiger partial charge in [-0.25, -0.2) is 0 Å². The Morgan fingerprint density at radius 1 is 1.47 bits per heavy atom. The number of carbonyl (C=O) groups excluding carboxylic acids is 1. The zero-order valence-electron chi connectivity index (χ0n) is 11.0. The van der Waals surface area contributed by atoms with Gasteiger partial charge in [-0.15, -0.1) is 0 Å². The second kappa shape index (κ2) is 6.60. The summed E-state index contributed by atoms with van der Waals surface area (Å²) in [5.74, 6) is 0.694. The third-order valence-corrected chi connectivity index (χ3v) is 4.04. The average molecular weight is 302 g/mol. The van der Waals surface area contributed by atoms with Crippen molar-refractivity contribution in [3.05, 3.63) is 28.2 Å². The summed E-state index contributed by atoms with van der Waals surface area (Å²) < 4.78 is 0. The fourth-order valence-corrected chi connectivity index (χ4v) is 2.91. The summed E-state index contributed by atoms with van der Waals surface area (Å²) in [4.78, 5) is 13.4. The quantitative estimate of drug-likeness (QED) is 0.882. The monoisotopic (exact) mass is 301 g/mol. The molecule has 5 heteroatoms. The van der Waals surface area contributed by atoms with Crippen LogP contribution in [0.3, 0.4) is 0 Å². The van der Waals surface area contributed by atoms with Gasteiger partial charge in [0.2, 0.25) is 0 Å². The predicted octanol–water partition coefficient (Wildman–Crippen LogP) is 2.25. The van der Waals surface area contributed by atoms with E-state index in [1.165, 1.54) is 17.7 Å². The molecule has 1 fully saturated rings. The molecule has 104 valence electrons. The van der Waals surface area contributed by atoms with Gasteiger partial charge in [0, 0.05) is 10.9 Å². The van der Waals surface area contributed by atoms with Gasteiger partial charge in [-0.05, 0) is 31.0 Å². The standard InChI is InChI=1S/C14H18Cl2N2O/c1-10-3-2-6-18(8-10)9-14(19)17-13-7-11(15)4-5-12(13)16/h4-5,7,10H,2-3,6,8-9H2,1H3,(H,17,19)/p+1/t10-/m1/s1. The van der Waals surface area contributed by atoms with Crippen molar-refractivity contribution in [2.45, 2.75) is 19.8 Å². The molecule has 1 amide bonds. The topological polar surface area (TPSA) is 33.5 Å². The minimum atomic E-state index is -0.00623. The molecule has 1 aliphatic heterocycles. The Bertz CT molecular complexity index is 465. The summed E-state index contributed by atoms with van der Waals surface area (Å²) >= 11 is 11.9. The van der Waals surface area contributed by atoms with Gasteiger partial charge in [0.25, 0.3) is 5.91 Å². The Hall–Kier alpha value is -0.770. The van der Waals surface area contributed by atoms with E-state index in [1.54, 1.807) is 18.2 Å². The lowest BCUT2D eigenvalue weighted by atomic mass is 10.0. The SMILES string of the molecule is C[C@@H]1CCC[NH+](CC(=O)Nc2cc(Cl)ccc2Cl)C1. The molecule has 3 nitrogen and oxygen atoms in total. The molecule has 1 unspecified atom stereocenters. The summed E-state index contributed by atoms with van der Waals surface area (Å²) in [6, 6.07) is 5.07. The normalized spacial score (nSPS) is 23.1. The maximum atomic E-state index is 12.0. The summed E-state index contributed by atoms with van der Waals surface area (Å²) in [7, 11) is 0. The Morgan fingerprint density at radius 3 is 3.00 bits per heavy atom. The molecule has 2 atom stereocenters. The van der Waals surface area contributed by atoms with Crippen molar-refractivity contribution in [1.29, 1.82) is 0 Å². The summed E-state index contributed by atoms with van der Waals surface area (Å²) in [6.07, 6.45) is 2.47. The molecule has 0 radical (unpaired) electrons. The lowest BCUT2D eigenvalue weighted by molar-refractivity contribution is -0.900. The molecule has 0 aromatic heterocycles. The summed E-state index contributed by atoms with van der Waals surface area (Å²) in [6.45, 7) is 4.87. The minimum absolute atomic E-state index is 0.00623. The van der Waals surface area contributed by atoms with Crippen LogP contribution in [-0.2, 0) is 4.79 Å². The largest absolute Gasteiger partial charge is 0.327 e. The van der Waals surface area contributed by atoms with Crippen LogP contribution in [0.25, 0.3) is 0 Å². The van der Waals surface area contributed by atoms with E-state index in [2.05, 4.69) is 12.2 Å². The Labute approximate surface area is 123 Å². The second-order valence-corrected chi connectivity index (χ2v) is 6.14. The van der Waals surface area contributed by atoms with Gasteiger partial charge in [-0.1, -0.05) is 30.1 Å². The van der Waals surface area contributed by atoms with Crippen molar-refractivity contribution in [2.75, 3.05) is 25.0 Å². The Kier molecular flexibility index (Phi) is 5.08. The molecular formula is C14H19Cl2N2O+. The smallest absolute Gasteiger partial charge is 0.279 e. The number of amides is 1. The van der Waals surface area contributed by atoms with E-state index < -0.39 is 0 Å². The van der Waals surface area contributed by atoms with Crippen LogP contribution in [0.5, 0.6) is 0 Å². The molecule has 1 heterocycles. The van der Waals surface area contributed by atoms with Gasteiger partial charge in [-0.2, -0.15) is 0 Å². The van der Waals surface area contributed by atoms with Crippen molar-refractivity contribution in [3.8, 4) is 0 Å². The number of hydrogen-bond donors (Lipinski definition) is 2. The van der Waals surface area contributed by atoms with E-state index in [0.717, 1.165) is 13.1 Å². The van der Waals surface area contributed by atoms with Crippen molar-refractivity contribution in [1.82, 2.24) is 0 Å². The second-order valence-electron chi connectivity index (χ2n) is 5.30. The first-order valence-corrected chi connectivity index (χ1v) is 7.38. The molecular weight excluding hydrogens is 283 g/mol. The number of benzene rings is 1. The maximum absolute atomic E-state index is 12.0. The third-order valence-electron chi connectivity index (χ3n) is 3.48. The van der Waals surface area contributed by atoms with Gasteiger partial charge >= 0.3 is 0 Å². The van der Waals surface area contributed by atoms with Gasteiger partial charge in [-0.3, -0.25) is 4.79 Å². The molecule has 19 heavy (non-hydrogen) atoms. The van der Waals surface area contributed by atoms with Crippen LogP contribution in [0.2, 0.25) is 10.0 Å². The first-order valence-electron chi connectivity index (χ1n) is 6.63. The van der Waals surface area contributed by atoms with E-state index in [-0.39, 0.29) is 5.91 Å². The first kappa shape index (κ1) is 14.6. The van der Waals surface area contributed by atoms with Crippen LogP contribution in [0.15, 0.2) is 18.2 Å². The van der Waals surface area contributed by atoms with Crippen LogP contribution in [0.1, 0.15) is 19.8 Å². The number of hydrogen-bond acceptors (Lipinski definition) is 1. The van der Waals surface area contributed by atoms with Crippen LogP contribution in [0, 0.1) is 5.92 Å². The average Bonchev–Trinajstić information content (AvgIpc) is 2.34. The highest BCUT2D eigenvalue weighted by Crippen LogP contribution is 2.25. The molecule has 1 aromatic carbocycles. The molecule has 1 aliphatic rings. The number of nitrogens with one attached hydrogen (secondary N) is 2. The molecule has 2 N–H and O–H groups in total.